The number of carboxylic acids is 1. The van der Waals surface area contributed by atoms with Crippen LogP contribution in [0.5, 0.6) is 5.75 Å². The van der Waals surface area contributed by atoms with E-state index in [2.05, 4.69) is 6.07 Å². The number of carbonyl (C=O) groups is 1. The summed E-state index contributed by atoms with van der Waals surface area (Å²) < 4.78 is 6.16. The Hall–Kier alpha value is -2.08. The van der Waals surface area contributed by atoms with Gasteiger partial charge < -0.3 is 14.6 Å². The van der Waals surface area contributed by atoms with Gasteiger partial charge in [0.1, 0.15) is 12.4 Å². The fourth-order valence-corrected chi connectivity index (χ4v) is 4.51. The van der Waals surface area contributed by atoms with Gasteiger partial charge in [0.2, 0.25) is 0 Å². The maximum atomic E-state index is 10.8. The van der Waals surface area contributed by atoms with Gasteiger partial charge in [0, 0.05) is 27.0 Å². The van der Waals surface area contributed by atoms with Gasteiger partial charge in [0.25, 0.3) is 0 Å². The Balaban J connectivity index is 0.00000289. The monoisotopic (exact) mass is 470 g/mol. The number of halogens is 1. The van der Waals surface area contributed by atoms with Gasteiger partial charge >= 0.3 is 29.6 Å². The summed E-state index contributed by atoms with van der Waals surface area (Å²) in [5.41, 5.74) is 5.06. The second-order valence-electron chi connectivity index (χ2n) is 7.15. The summed E-state index contributed by atoms with van der Waals surface area (Å²) >= 11 is 7.96. The Labute approximate surface area is 218 Å². The Bertz CT molecular complexity index is 1190. The van der Waals surface area contributed by atoms with E-state index in [9.17, 15) is 9.90 Å². The minimum atomic E-state index is -1.04. The summed E-state index contributed by atoms with van der Waals surface area (Å²) in [6, 6.07) is 25.7. The zero-order chi connectivity index (χ0) is 21.6. The zero-order valence-electron chi connectivity index (χ0n) is 17.7. The minimum absolute atomic E-state index is 0. The molecule has 0 aliphatic rings. The second kappa shape index (κ2) is 11.7. The van der Waals surface area contributed by atoms with Gasteiger partial charge in [-0.25, -0.2) is 0 Å². The predicted molar refractivity (Wildman–Crippen MR) is 124 cm³/mol. The molecule has 3 nitrogen and oxygen atoms in total. The first-order valence-electron chi connectivity index (χ1n) is 9.93. The van der Waals surface area contributed by atoms with Gasteiger partial charge in [-0.15, -0.1) is 11.3 Å². The number of carboxylic acid groups (broad SMARTS) is 1. The molecular formula is C26H20ClNaO3S. The first kappa shape index (κ1) is 24.6. The molecule has 0 radical (unpaired) electrons. The number of rotatable bonds is 8. The molecule has 156 valence electrons. The Morgan fingerprint density at radius 1 is 0.906 bits per heavy atom. The molecule has 1 aromatic heterocycles. The van der Waals surface area contributed by atoms with E-state index >= 15 is 0 Å². The van der Waals surface area contributed by atoms with E-state index in [1.54, 1.807) is 11.3 Å². The molecule has 0 atom stereocenters. The van der Waals surface area contributed by atoms with Crippen LogP contribution in [0.15, 0.2) is 84.2 Å². The van der Waals surface area contributed by atoms with Crippen LogP contribution >= 0.6 is 22.9 Å². The molecule has 0 saturated carbocycles. The van der Waals surface area contributed by atoms with E-state index < -0.39 is 5.97 Å². The zero-order valence-corrected chi connectivity index (χ0v) is 21.3. The van der Waals surface area contributed by atoms with Crippen molar-refractivity contribution in [1.29, 1.82) is 0 Å². The van der Waals surface area contributed by atoms with Gasteiger partial charge in [0.05, 0.1) is 0 Å². The van der Waals surface area contributed by atoms with E-state index in [-0.39, 0.29) is 36.0 Å². The Kier molecular flexibility index (Phi) is 8.97. The molecular weight excluding hydrogens is 451 g/mol. The number of ether oxygens (including phenoxy) is 1. The van der Waals surface area contributed by atoms with Crippen molar-refractivity contribution in [2.75, 3.05) is 0 Å². The van der Waals surface area contributed by atoms with Crippen molar-refractivity contribution in [3.8, 4) is 27.3 Å². The van der Waals surface area contributed by atoms with Crippen LogP contribution in [0.3, 0.4) is 0 Å². The van der Waals surface area contributed by atoms with Crippen molar-refractivity contribution in [3.05, 3.63) is 100 Å². The minimum Gasteiger partial charge on any atom is -0.550 e. The molecule has 4 aromatic rings. The molecule has 4 rings (SSSR count). The average molecular weight is 471 g/mol. The van der Waals surface area contributed by atoms with Crippen LogP contribution in [0.25, 0.3) is 21.6 Å². The summed E-state index contributed by atoms with van der Waals surface area (Å²) in [7, 11) is 0. The van der Waals surface area contributed by atoms with Crippen molar-refractivity contribution >= 4 is 28.9 Å². The first-order chi connectivity index (χ1) is 15.1. The number of carbonyl (C=O) groups excluding carboxylic acids is 1. The molecule has 0 spiro atoms. The van der Waals surface area contributed by atoms with Crippen LogP contribution < -0.4 is 39.4 Å². The smallest absolute Gasteiger partial charge is 0.550 e. The van der Waals surface area contributed by atoms with Crippen LogP contribution in [0.1, 0.15) is 17.5 Å². The summed E-state index contributed by atoms with van der Waals surface area (Å²) in [4.78, 5) is 11.9. The molecule has 3 aromatic carbocycles. The van der Waals surface area contributed by atoms with Gasteiger partial charge in [-0.2, -0.15) is 0 Å². The summed E-state index contributed by atoms with van der Waals surface area (Å²) in [5, 5.41) is 13.5. The van der Waals surface area contributed by atoms with E-state index in [0.717, 1.165) is 38.4 Å². The van der Waals surface area contributed by atoms with E-state index in [1.807, 2.05) is 78.2 Å². The molecule has 32 heavy (non-hydrogen) atoms. The molecule has 0 N–H and O–H groups in total. The van der Waals surface area contributed by atoms with Crippen molar-refractivity contribution in [2.24, 2.45) is 0 Å². The fourth-order valence-electron chi connectivity index (χ4n) is 3.43. The average Bonchev–Trinajstić information content (AvgIpc) is 3.27. The first-order valence-corrected chi connectivity index (χ1v) is 11.2. The van der Waals surface area contributed by atoms with Crippen LogP contribution in [0, 0.1) is 0 Å². The van der Waals surface area contributed by atoms with Crippen molar-refractivity contribution in [1.82, 2.24) is 0 Å². The number of thiophene rings is 1. The molecule has 0 saturated heterocycles. The van der Waals surface area contributed by atoms with Crippen molar-refractivity contribution in [3.63, 3.8) is 0 Å². The number of aliphatic carboxylic acids is 1. The maximum absolute atomic E-state index is 10.8. The molecule has 1 heterocycles. The topological polar surface area (TPSA) is 49.4 Å². The third-order valence-electron chi connectivity index (χ3n) is 4.94. The molecule has 0 bridgehead atoms. The maximum Gasteiger partial charge on any atom is 1.00 e. The number of aryl methyl sites for hydroxylation is 1. The summed E-state index contributed by atoms with van der Waals surface area (Å²) in [5.74, 6) is -0.276. The Morgan fingerprint density at radius 2 is 1.69 bits per heavy atom. The van der Waals surface area contributed by atoms with Gasteiger partial charge in [-0.1, -0.05) is 66.2 Å². The SMILES string of the molecule is O=C([O-])CCc1cccc(-c2sccc2-c2cc(Cl)ccc2OCc2ccccc2)c1.[Na+]. The van der Waals surface area contributed by atoms with Crippen molar-refractivity contribution in [2.45, 2.75) is 19.4 Å². The molecule has 0 unspecified atom stereocenters. The quantitative estimate of drug-likeness (QED) is 0.372. The van der Waals surface area contributed by atoms with E-state index in [4.69, 9.17) is 16.3 Å². The molecule has 6 heteroatoms. The van der Waals surface area contributed by atoms with Crippen molar-refractivity contribution < 1.29 is 44.2 Å². The van der Waals surface area contributed by atoms with Crippen LogP contribution in [0.2, 0.25) is 5.02 Å². The number of benzene rings is 3. The molecule has 0 amide bonds. The second-order valence-corrected chi connectivity index (χ2v) is 8.50. The third kappa shape index (κ3) is 6.25. The van der Waals surface area contributed by atoms with Gasteiger partial charge in [-0.05, 0) is 59.2 Å². The van der Waals surface area contributed by atoms with Crippen LogP contribution in [-0.4, -0.2) is 5.97 Å². The van der Waals surface area contributed by atoms with E-state index in [1.165, 1.54) is 0 Å². The largest absolute Gasteiger partial charge is 1.00 e. The van der Waals surface area contributed by atoms with Crippen LogP contribution in [0.4, 0.5) is 0 Å². The number of hydrogen-bond donors (Lipinski definition) is 0. The predicted octanol–water partition coefficient (Wildman–Crippen LogP) is 3.00. The van der Waals surface area contributed by atoms with Gasteiger partial charge in [0.15, 0.2) is 0 Å². The fraction of sp³-hybridized carbons (Fsp3) is 0.115. The summed E-state index contributed by atoms with van der Waals surface area (Å²) in [6.07, 6.45) is 0.450. The molecule has 0 aliphatic heterocycles. The number of hydrogen-bond acceptors (Lipinski definition) is 4. The third-order valence-corrected chi connectivity index (χ3v) is 6.14. The summed E-state index contributed by atoms with van der Waals surface area (Å²) in [6.45, 7) is 0.466. The van der Waals surface area contributed by atoms with Crippen LogP contribution in [-0.2, 0) is 17.8 Å². The molecule has 0 fully saturated rings. The standard InChI is InChI=1S/C26H21ClO3S.Na/c27-21-10-11-24(30-17-19-5-2-1-3-6-19)23(16-21)22-13-14-31-26(22)20-8-4-7-18(15-20)9-12-25(28)29;/h1-8,10-11,13-16H,9,12,17H2,(H,28,29);/q;+1/p-1. The Morgan fingerprint density at radius 3 is 2.47 bits per heavy atom. The molecule has 0 aliphatic carbocycles. The normalized spacial score (nSPS) is 10.4. The van der Waals surface area contributed by atoms with E-state index in [0.29, 0.717) is 18.1 Å². The van der Waals surface area contributed by atoms with Gasteiger partial charge in [-0.3, -0.25) is 0 Å².